The first-order valence-corrected chi connectivity index (χ1v) is 6.36. The molecule has 2 N–H and O–H groups in total. The summed E-state index contributed by atoms with van der Waals surface area (Å²) in [5.74, 6) is 0.0982. The smallest absolute Gasteiger partial charge is 0.262 e. The molecule has 20 heavy (non-hydrogen) atoms. The van der Waals surface area contributed by atoms with Gasteiger partial charge >= 0.3 is 0 Å². The predicted molar refractivity (Wildman–Crippen MR) is 73.0 cm³/mol. The molecule has 7 heteroatoms. The molecule has 0 spiro atoms. The second-order valence-electron chi connectivity index (χ2n) is 4.27. The van der Waals surface area contributed by atoms with E-state index in [0.717, 1.165) is 19.5 Å². The van der Waals surface area contributed by atoms with Crippen LogP contribution in [0.25, 0.3) is 0 Å². The van der Waals surface area contributed by atoms with Crippen LogP contribution in [0.15, 0.2) is 18.0 Å². The summed E-state index contributed by atoms with van der Waals surface area (Å²) in [4.78, 5) is 20.1. The number of rotatable bonds is 5. The molecule has 1 aliphatic heterocycles. The van der Waals surface area contributed by atoms with Crippen molar-refractivity contribution < 1.29 is 14.3 Å². The van der Waals surface area contributed by atoms with Gasteiger partial charge in [-0.05, 0) is 13.0 Å². The fourth-order valence-electron chi connectivity index (χ4n) is 1.97. The SMILES string of the molecule is COc1ncnc(OC)c1C(=O)NCC1=CCNCC1. The van der Waals surface area contributed by atoms with Crippen LogP contribution < -0.4 is 20.1 Å². The maximum absolute atomic E-state index is 12.3. The molecule has 0 fully saturated rings. The summed E-state index contributed by atoms with van der Waals surface area (Å²) >= 11 is 0. The van der Waals surface area contributed by atoms with Crippen LogP contribution in [-0.4, -0.2) is 49.7 Å². The third-order valence-electron chi connectivity index (χ3n) is 3.03. The summed E-state index contributed by atoms with van der Waals surface area (Å²) in [6.07, 6.45) is 4.31. The van der Waals surface area contributed by atoms with Gasteiger partial charge in [-0.25, -0.2) is 9.97 Å². The van der Waals surface area contributed by atoms with Crippen molar-refractivity contribution >= 4 is 5.91 Å². The van der Waals surface area contributed by atoms with Gasteiger partial charge in [0.05, 0.1) is 14.2 Å². The second kappa shape index (κ2) is 6.85. The lowest BCUT2D eigenvalue weighted by Crippen LogP contribution is -2.30. The predicted octanol–water partition coefficient (Wildman–Crippen LogP) is 0.143. The van der Waals surface area contributed by atoms with Gasteiger partial charge in [0.25, 0.3) is 5.91 Å². The van der Waals surface area contributed by atoms with Crippen molar-refractivity contribution in [1.82, 2.24) is 20.6 Å². The second-order valence-corrected chi connectivity index (χ2v) is 4.27. The molecule has 1 aromatic heterocycles. The van der Waals surface area contributed by atoms with E-state index in [2.05, 4.69) is 26.7 Å². The van der Waals surface area contributed by atoms with E-state index in [0.29, 0.717) is 6.54 Å². The lowest BCUT2D eigenvalue weighted by Gasteiger charge is -2.15. The molecule has 1 aliphatic rings. The quantitative estimate of drug-likeness (QED) is 0.745. The maximum Gasteiger partial charge on any atom is 0.262 e. The summed E-state index contributed by atoms with van der Waals surface area (Å²) in [6, 6.07) is 0. The molecule has 0 atom stereocenters. The number of hydrogen-bond donors (Lipinski definition) is 2. The molecule has 0 unspecified atom stereocenters. The first-order valence-electron chi connectivity index (χ1n) is 6.36. The van der Waals surface area contributed by atoms with Crippen LogP contribution in [0.3, 0.4) is 0 Å². The zero-order valence-electron chi connectivity index (χ0n) is 11.6. The number of ether oxygens (including phenoxy) is 2. The normalized spacial score (nSPS) is 14.4. The Morgan fingerprint density at radius 2 is 2.05 bits per heavy atom. The van der Waals surface area contributed by atoms with Crippen molar-refractivity contribution in [3.05, 3.63) is 23.5 Å². The first-order chi connectivity index (χ1) is 9.76. The molecule has 7 nitrogen and oxygen atoms in total. The average molecular weight is 278 g/mol. The van der Waals surface area contributed by atoms with Gasteiger partial charge in [0.15, 0.2) is 5.56 Å². The zero-order valence-corrected chi connectivity index (χ0v) is 11.6. The Bertz CT molecular complexity index is 494. The van der Waals surface area contributed by atoms with Crippen molar-refractivity contribution in [3.8, 4) is 11.8 Å². The van der Waals surface area contributed by atoms with Gasteiger partial charge in [0.2, 0.25) is 11.8 Å². The molecule has 0 bridgehead atoms. The Balaban J connectivity index is 2.10. The highest BCUT2D eigenvalue weighted by atomic mass is 16.5. The molecular formula is C13H18N4O3. The molecular weight excluding hydrogens is 260 g/mol. The summed E-state index contributed by atoms with van der Waals surface area (Å²) in [5, 5.41) is 6.06. The topological polar surface area (TPSA) is 85.4 Å². The average Bonchev–Trinajstić information content (AvgIpc) is 2.52. The van der Waals surface area contributed by atoms with E-state index in [-0.39, 0.29) is 23.2 Å². The van der Waals surface area contributed by atoms with Crippen LogP contribution in [0.1, 0.15) is 16.8 Å². The van der Waals surface area contributed by atoms with E-state index < -0.39 is 0 Å². The first kappa shape index (κ1) is 14.3. The van der Waals surface area contributed by atoms with Crippen LogP contribution in [0.2, 0.25) is 0 Å². The van der Waals surface area contributed by atoms with E-state index >= 15 is 0 Å². The number of nitrogens with zero attached hydrogens (tertiary/aromatic N) is 2. The summed E-state index contributed by atoms with van der Waals surface area (Å²) in [5.41, 5.74) is 1.42. The van der Waals surface area contributed by atoms with Crippen molar-refractivity contribution in [2.24, 2.45) is 0 Å². The molecule has 2 rings (SSSR count). The molecule has 0 aromatic carbocycles. The van der Waals surface area contributed by atoms with E-state index in [1.165, 1.54) is 26.1 Å². The Labute approximate surface area is 117 Å². The van der Waals surface area contributed by atoms with E-state index in [1.54, 1.807) is 0 Å². The number of carbonyl (C=O) groups is 1. The van der Waals surface area contributed by atoms with E-state index in [4.69, 9.17) is 9.47 Å². The van der Waals surface area contributed by atoms with Crippen molar-refractivity contribution in [2.45, 2.75) is 6.42 Å². The minimum Gasteiger partial charge on any atom is -0.480 e. The van der Waals surface area contributed by atoms with Gasteiger partial charge < -0.3 is 20.1 Å². The molecule has 0 aliphatic carbocycles. The minimum atomic E-state index is -0.307. The Morgan fingerprint density at radius 3 is 2.60 bits per heavy atom. The fraction of sp³-hybridized carbons (Fsp3) is 0.462. The Morgan fingerprint density at radius 1 is 1.35 bits per heavy atom. The third kappa shape index (κ3) is 3.24. The van der Waals surface area contributed by atoms with Crippen LogP contribution >= 0.6 is 0 Å². The third-order valence-corrected chi connectivity index (χ3v) is 3.03. The zero-order chi connectivity index (χ0) is 14.4. The summed E-state index contributed by atoms with van der Waals surface area (Å²) in [6.45, 7) is 2.27. The van der Waals surface area contributed by atoms with Crippen LogP contribution in [-0.2, 0) is 0 Å². The molecule has 0 radical (unpaired) electrons. The monoisotopic (exact) mass is 278 g/mol. The number of carbonyl (C=O) groups excluding carboxylic acids is 1. The van der Waals surface area contributed by atoms with Gasteiger partial charge in [0, 0.05) is 13.1 Å². The van der Waals surface area contributed by atoms with Crippen molar-refractivity contribution in [2.75, 3.05) is 33.9 Å². The van der Waals surface area contributed by atoms with Gasteiger partial charge in [-0.1, -0.05) is 11.6 Å². The Kier molecular flexibility index (Phi) is 4.89. The van der Waals surface area contributed by atoms with Crippen LogP contribution in [0, 0.1) is 0 Å². The lowest BCUT2D eigenvalue weighted by atomic mass is 10.1. The molecule has 0 saturated carbocycles. The molecule has 0 saturated heterocycles. The fourth-order valence-corrected chi connectivity index (χ4v) is 1.97. The number of nitrogens with one attached hydrogen (secondary N) is 2. The van der Waals surface area contributed by atoms with Crippen LogP contribution in [0.5, 0.6) is 11.8 Å². The van der Waals surface area contributed by atoms with E-state index in [1.807, 2.05) is 0 Å². The van der Waals surface area contributed by atoms with Crippen molar-refractivity contribution in [1.29, 1.82) is 0 Å². The Hall–Kier alpha value is -2.15. The maximum atomic E-state index is 12.3. The number of aromatic nitrogens is 2. The largest absolute Gasteiger partial charge is 0.480 e. The number of methoxy groups -OCH3 is 2. The van der Waals surface area contributed by atoms with Gasteiger partial charge in [-0.2, -0.15) is 0 Å². The molecule has 1 amide bonds. The number of amides is 1. The molecule has 2 heterocycles. The minimum absolute atomic E-state index is 0.202. The highest BCUT2D eigenvalue weighted by Crippen LogP contribution is 2.23. The molecule has 1 aromatic rings. The van der Waals surface area contributed by atoms with Gasteiger partial charge in [-0.3, -0.25) is 4.79 Å². The summed E-state index contributed by atoms with van der Waals surface area (Å²) in [7, 11) is 2.90. The van der Waals surface area contributed by atoms with Crippen LogP contribution in [0.4, 0.5) is 0 Å². The number of hydrogen-bond acceptors (Lipinski definition) is 6. The summed E-state index contributed by atoms with van der Waals surface area (Å²) < 4.78 is 10.2. The molecule has 108 valence electrons. The standard InChI is InChI=1S/C13H18N4O3/c1-19-12-10(13(20-2)17-8-16-12)11(18)15-7-9-3-5-14-6-4-9/h3,8,14H,4-7H2,1-2H3,(H,15,18). The lowest BCUT2D eigenvalue weighted by molar-refractivity contribution is 0.0948. The van der Waals surface area contributed by atoms with Crippen molar-refractivity contribution in [3.63, 3.8) is 0 Å². The highest BCUT2D eigenvalue weighted by molar-refractivity contribution is 5.98. The van der Waals surface area contributed by atoms with E-state index in [9.17, 15) is 4.79 Å². The van der Waals surface area contributed by atoms with Gasteiger partial charge in [-0.15, -0.1) is 0 Å². The van der Waals surface area contributed by atoms with Gasteiger partial charge in [0.1, 0.15) is 6.33 Å². The highest BCUT2D eigenvalue weighted by Gasteiger charge is 2.21.